The van der Waals surface area contributed by atoms with Gasteiger partial charge in [0, 0.05) is 5.33 Å². The van der Waals surface area contributed by atoms with Crippen LogP contribution in [0.3, 0.4) is 0 Å². The molecule has 0 aliphatic carbocycles. The highest BCUT2D eigenvalue weighted by Gasteiger charge is 1.97. The number of benzene rings is 2. The van der Waals surface area contributed by atoms with Crippen molar-refractivity contribution in [1.82, 2.24) is 0 Å². The lowest BCUT2D eigenvalue weighted by Gasteiger charge is -2.06. The third-order valence-electron chi connectivity index (χ3n) is 4.67. The van der Waals surface area contributed by atoms with Crippen molar-refractivity contribution in [2.24, 2.45) is 10.2 Å². The molecule has 0 aromatic heterocycles. The zero-order valence-corrected chi connectivity index (χ0v) is 18.4. The molecule has 28 heavy (non-hydrogen) atoms. The lowest BCUT2D eigenvalue weighted by atomic mass is 10.1. The van der Waals surface area contributed by atoms with E-state index in [4.69, 9.17) is 4.74 Å². The number of halogens is 1. The Hall–Kier alpha value is -1.68. The number of unbranched alkanes of at least 4 members (excludes halogenated alkanes) is 9. The van der Waals surface area contributed by atoms with Crippen molar-refractivity contribution in [3.63, 3.8) is 0 Å². The van der Waals surface area contributed by atoms with Crippen LogP contribution in [0.1, 0.15) is 64.2 Å². The van der Waals surface area contributed by atoms with Gasteiger partial charge in [0.15, 0.2) is 0 Å². The molecule has 4 heteroatoms. The molecule has 2 aromatic rings. The van der Waals surface area contributed by atoms with Gasteiger partial charge in [-0.25, -0.2) is 0 Å². The lowest BCUT2D eigenvalue weighted by Crippen LogP contribution is -1.96. The Bertz CT molecular complexity index is 643. The van der Waals surface area contributed by atoms with Crippen molar-refractivity contribution < 1.29 is 4.74 Å². The maximum absolute atomic E-state index is 5.83. The Morgan fingerprint density at radius 1 is 0.571 bits per heavy atom. The zero-order valence-electron chi connectivity index (χ0n) is 16.9. The Balaban J connectivity index is 1.49. The fraction of sp³-hybridized carbons (Fsp3) is 0.500. The van der Waals surface area contributed by atoms with Crippen molar-refractivity contribution in [1.29, 1.82) is 0 Å². The normalized spacial score (nSPS) is 11.2. The summed E-state index contributed by atoms with van der Waals surface area (Å²) in [4.78, 5) is 0. The molecule has 3 nitrogen and oxygen atoms in total. The van der Waals surface area contributed by atoms with Gasteiger partial charge in [0.2, 0.25) is 0 Å². The first-order valence-electron chi connectivity index (χ1n) is 10.6. The van der Waals surface area contributed by atoms with Crippen molar-refractivity contribution in [3.05, 3.63) is 54.6 Å². The highest BCUT2D eigenvalue weighted by atomic mass is 79.9. The molecule has 0 heterocycles. The van der Waals surface area contributed by atoms with Crippen LogP contribution in [0.25, 0.3) is 0 Å². The Labute approximate surface area is 178 Å². The quantitative estimate of drug-likeness (QED) is 0.153. The first-order valence-corrected chi connectivity index (χ1v) is 11.8. The summed E-state index contributed by atoms with van der Waals surface area (Å²) in [6, 6.07) is 17.6. The van der Waals surface area contributed by atoms with Crippen LogP contribution in [-0.2, 0) is 0 Å². The average molecular weight is 445 g/mol. The number of hydrogen-bond donors (Lipinski definition) is 0. The largest absolute Gasteiger partial charge is 0.494 e. The van der Waals surface area contributed by atoms with E-state index >= 15 is 0 Å². The van der Waals surface area contributed by atoms with Crippen LogP contribution >= 0.6 is 15.9 Å². The fourth-order valence-corrected chi connectivity index (χ4v) is 3.42. The number of alkyl halides is 1. The number of ether oxygens (including phenoxy) is 1. The standard InChI is InChI=1S/C24H33BrN2O/c25-20-12-7-5-3-1-2-4-6-8-13-21-28-24-18-16-23(17-19-24)27-26-22-14-10-9-11-15-22/h9-11,14-19H,1-8,12-13,20-21H2. The van der Waals surface area contributed by atoms with Crippen LogP contribution in [-0.4, -0.2) is 11.9 Å². The zero-order chi connectivity index (χ0) is 19.7. The minimum Gasteiger partial charge on any atom is -0.494 e. The number of rotatable bonds is 15. The maximum Gasteiger partial charge on any atom is 0.119 e. The molecule has 0 N–H and O–H groups in total. The van der Waals surface area contributed by atoms with E-state index in [2.05, 4.69) is 26.2 Å². The molecule has 0 fully saturated rings. The van der Waals surface area contributed by atoms with Gasteiger partial charge in [0.05, 0.1) is 18.0 Å². The van der Waals surface area contributed by atoms with Gasteiger partial charge in [-0.05, 0) is 49.2 Å². The lowest BCUT2D eigenvalue weighted by molar-refractivity contribution is 0.304. The van der Waals surface area contributed by atoms with Crippen molar-refractivity contribution >= 4 is 27.3 Å². The van der Waals surface area contributed by atoms with Crippen molar-refractivity contribution in [2.75, 3.05) is 11.9 Å². The Morgan fingerprint density at radius 2 is 1.07 bits per heavy atom. The Morgan fingerprint density at radius 3 is 1.64 bits per heavy atom. The first kappa shape index (κ1) is 22.6. The molecule has 0 saturated heterocycles. The second-order valence-corrected chi connectivity index (χ2v) is 7.90. The second-order valence-electron chi connectivity index (χ2n) is 7.10. The van der Waals surface area contributed by atoms with Gasteiger partial charge in [-0.1, -0.05) is 85.5 Å². The van der Waals surface area contributed by atoms with Crippen LogP contribution < -0.4 is 4.74 Å². The highest BCUT2D eigenvalue weighted by Crippen LogP contribution is 2.21. The van der Waals surface area contributed by atoms with Crippen LogP contribution in [0.15, 0.2) is 64.8 Å². The molecular weight excluding hydrogens is 412 g/mol. The number of azo groups is 1. The number of hydrogen-bond acceptors (Lipinski definition) is 3. The van der Waals surface area contributed by atoms with E-state index in [1.807, 2.05) is 54.6 Å². The SMILES string of the molecule is BrCCCCCCCCCCCCOc1ccc(N=Nc2ccccc2)cc1. The van der Waals surface area contributed by atoms with E-state index < -0.39 is 0 Å². The van der Waals surface area contributed by atoms with E-state index in [1.54, 1.807) is 0 Å². The van der Waals surface area contributed by atoms with E-state index in [-0.39, 0.29) is 0 Å². The molecule has 0 amide bonds. The van der Waals surface area contributed by atoms with Crippen LogP contribution in [0.4, 0.5) is 11.4 Å². The summed E-state index contributed by atoms with van der Waals surface area (Å²) in [6.45, 7) is 0.789. The molecule has 2 rings (SSSR count). The third kappa shape index (κ3) is 10.6. The minimum absolute atomic E-state index is 0.789. The maximum atomic E-state index is 5.83. The van der Waals surface area contributed by atoms with Gasteiger partial charge in [-0.15, -0.1) is 0 Å². The first-order chi connectivity index (χ1) is 13.9. The van der Waals surface area contributed by atoms with Crippen LogP contribution in [0.2, 0.25) is 0 Å². The molecule has 0 radical (unpaired) electrons. The van der Waals surface area contributed by atoms with Gasteiger partial charge in [-0.3, -0.25) is 0 Å². The molecule has 0 atom stereocenters. The molecule has 0 unspecified atom stereocenters. The van der Waals surface area contributed by atoms with E-state index in [0.29, 0.717) is 0 Å². The molecule has 0 spiro atoms. The fourth-order valence-electron chi connectivity index (χ4n) is 3.02. The van der Waals surface area contributed by atoms with Gasteiger partial charge in [-0.2, -0.15) is 10.2 Å². The summed E-state index contributed by atoms with van der Waals surface area (Å²) in [5.41, 5.74) is 1.70. The summed E-state index contributed by atoms with van der Waals surface area (Å²) in [6.07, 6.45) is 13.3. The third-order valence-corrected chi connectivity index (χ3v) is 5.23. The smallest absolute Gasteiger partial charge is 0.119 e. The summed E-state index contributed by atoms with van der Waals surface area (Å²) in [5, 5.41) is 9.63. The number of nitrogens with zero attached hydrogens (tertiary/aromatic N) is 2. The summed E-state index contributed by atoms with van der Waals surface area (Å²) in [7, 11) is 0. The Kier molecular flexibility index (Phi) is 12.3. The topological polar surface area (TPSA) is 34.0 Å². The van der Waals surface area contributed by atoms with E-state index in [1.165, 1.54) is 57.8 Å². The summed E-state index contributed by atoms with van der Waals surface area (Å²) in [5.74, 6) is 0.905. The molecule has 2 aromatic carbocycles. The average Bonchev–Trinajstić information content (AvgIpc) is 2.74. The van der Waals surface area contributed by atoms with Crippen LogP contribution in [0.5, 0.6) is 5.75 Å². The molecule has 0 aliphatic heterocycles. The summed E-state index contributed by atoms with van der Waals surface area (Å²) >= 11 is 3.49. The molecule has 0 bridgehead atoms. The molecule has 0 saturated carbocycles. The van der Waals surface area contributed by atoms with E-state index in [0.717, 1.165) is 35.5 Å². The van der Waals surface area contributed by atoms with Crippen molar-refractivity contribution in [2.45, 2.75) is 64.2 Å². The van der Waals surface area contributed by atoms with Gasteiger partial charge >= 0.3 is 0 Å². The molecule has 0 aliphatic rings. The van der Waals surface area contributed by atoms with Crippen molar-refractivity contribution in [3.8, 4) is 5.75 Å². The van der Waals surface area contributed by atoms with E-state index in [9.17, 15) is 0 Å². The predicted octanol–water partition coefficient (Wildman–Crippen LogP) is 8.78. The highest BCUT2D eigenvalue weighted by molar-refractivity contribution is 9.09. The van der Waals surface area contributed by atoms with Gasteiger partial charge in [0.1, 0.15) is 5.75 Å². The second kappa shape index (κ2) is 15.3. The minimum atomic E-state index is 0.789. The van der Waals surface area contributed by atoms with Gasteiger partial charge in [0.25, 0.3) is 0 Å². The van der Waals surface area contributed by atoms with Crippen LogP contribution in [0, 0.1) is 0 Å². The molecular formula is C24H33BrN2O. The molecule has 152 valence electrons. The monoisotopic (exact) mass is 444 g/mol. The summed E-state index contributed by atoms with van der Waals surface area (Å²) < 4.78 is 5.83. The predicted molar refractivity (Wildman–Crippen MR) is 123 cm³/mol. The van der Waals surface area contributed by atoms with Gasteiger partial charge < -0.3 is 4.74 Å².